The Balaban J connectivity index is 2.21. The van der Waals surface area contributed by atoms with E-state index in [1.165, 1.54) is 32.8 Å². The zero-order valence-corrected chi connectivity index (χ0v) is 10.1. The zero-order chi connectivity index (χ0) is 11.3. The van der Waals surface area contributed by atoms with Crippen LogP contribution in [0.3, 0.4) is 0 Å². The number of ether oxygens (including phenoxy) is 1. The highest BCUT2D eigenvalue weighted by Gasteiger charge is 2.20. The van der Waals surface area contributed by atoms with E-state index in [4.69, 9.17) is 0 Å². The van der Waals surface area contributed by atoms with Crippen molar-refractivity contribution in [1.82, 2.24) is 5.32 Å². The van der Waals surface area contributed by atoms with E-state index in [0.29, 0.717) is 0 Å². The molecule has 0 radical (unpaired) electrons. The van der Waals surface area contributed by atoms with E-state index in [2.05, 4.69) is 17.0 Å². The first-order valence-electron chi connectivity index (χ1n) is 5.94. The summed E-state index contributed by atoms with van der Waals surface area (Å²) >= 11 is 0. The van der Waals surface area contributed by atoms with Gasteiger partial charge in [-0.3, -0.25) is 4.79 Å². The number of carbonyl (C=O) groups is 1. The second-order valence-corrected chi connectivity index (χ2v) is 4.79. The standard InChI is InChI=1S/C12H23NO2/c1-9-5-4-6-11(7-9)8-13-10(2)12(14)15-3/h9-11,13H,4-8H2,1-3H3/t9?,10-,11?/m0/s1. The van der Waals surface area contributed by atoms with Crippen LogP contribution in [-0.2, 0) is 9.53 Å². The predicted molar refractivity (Wildman–Crippen MR) is 60.6 cm³/mol. The second-order valence-electron chi connectivity index (χ2n) is 4.79. The van der Waals surface area contributed by atoms with Crippen LogP contribution >= 0.6 is 0 Å². The quantitative estimate of drug-likeness (QED) is 0.726. The molecule has 0 heterocycles. The van der Waals surface area contributed by atoms with Crippen molar-refractivity contribution in [2.24, 2.45) is 11.8 Å². The summed E-state index contributed by atoms with van der Waals surface area (Å²) in [7, 11) is 1.43. The molecule has 0 aromatic carbocycles. The Morgan fingerprint density at radius 1 is 1.53 bits per heavy atom. The fraction of sp³-hybridized carbons (Fsp3) is 0.917. The number of methoxy groups -OCH3 is 1. The van der Waals surface area contributed by atoms with Gasteiger partial charge in [-0.2, -0.15) is 0 Å². The normalized spacial score (nSPS) is 28.5. The molecule has 0 amide bonds. The van der Waals surface area contributed by atoms with Crippen LogP contribution in [0.25, 0.3) is 0 Å². The maximum Gasteiger partial charge on any atom is 0.322 e. The van der Waals surface area contributed by atoms with Gasteiger partial charge in [0.2, 0.25) is 0 Å². The highest BCUT2D eigenvalue weighted by atomic mass is 16.5. The fourth-order valence-corrected chi connectivity index (χ4v) is 2.35. The summed E-state index contributed by atoms with van der Waals surface area (Å²) < 4.78 is 4.67. The third-order valence-electron chi connectivity index (χ3n) is 3.31. The van der Waals surface area contributed by atoms with E-state index in [1.807, 2.05) is 6.92 Å². The van der Waals surface area contributed by atoms with Crippen molar-refractivity contribution in [2.45, 2.75) is 45.6 Å². The van der Waals surface area contributed by atoms with Gasteiger partial charge in [0.25, 0.3) is 0 Å². The molecule has 2 unspecified atom stereocenters. The van der Waals surface area contributed by atoms with Crippen LogP contribution in [-0.4, -0.2) is 25.7 Å². The van der Waals surface area contributed by atoms with Gasteiger partial charge < -0.3 is 10.1 Å². The van der Waals surface area contributed by atoms with Crippen LogP contribution in [0.2, 0.25) is 0 Å². The molecule has 0 saturated heterocycles. The average molecular weight is 213 g/mol. The van der Waals surface area contributed by atoms with Crippen molar-refractivity contribution >= 4 is 5.97 Å². The maximum atomic E-state index is 11.2. The first kappa shape index (κ1) is 12.5. The van der Waals surface area contributed by atoms with E-state index >= 15 is 0 Å². The molecule has 0 aliphatic heterocycles. The Morgan fingerprint density at radius 3 is 2.87 bits per heavy atom. The van der Waals surface area contributed by atoms with E-state index in [-0.39, 0.29) is 12.0 Å². The summed E-state index contributed by atoms with van der Waals surface area (Å²) in [5.41, 5.74) is 0. The molecule has 1 N–H and O–H groups in total. The molecule has 0 spiro atoms. The molecule has 88 valence electrons. The highest BCUT2D eigenvalue weighted by molar-refractivity contribution is 5.75. The molecule has 0 bridgehead atoms. The van der Waals surface area contributed by atoms with Crippen LogP contribution in [0, 0.1) is 11.8 Å². The molecule has 0 aromatic rings. The topological polar surface area (TPSA) is 38.3 Å². The molecule has 15 heavy (non-hydrogen) atoms. The summed E-state index contributed by atoms with van der Waals surface area (Å²) in [5, 5.41) is 3.25. The van der Waals surface area contributed by atoms with Gasteiger partial charge in [-0.15, -0.1) is 0 Å². The van der Waals surface area contributed by atoms with Gasteiger partial charge >= 0.3 is 5.97 Å². The number of hydrogen-bond acceptors (Lipinski definition) is 3. The maximum absolute atomic E-state index is 11.2. The van der Waals surface area contributed by atoms with Crippen LogP contribution in [0.1, 0.15) is 39.5 Å². The Morgan fingerprint density at radius 2 is 2.27 bits per heavy atom. The summed E-state index contributed by atoms with van der Waals surface area (Å²) in [6, 6.07) is -0.174. The van der Waals surface area contributed by atoms with E-state index in [9.17, 15) is 4.79 Å². The fourth-order valence-electron chi connectivity index (χ4n) is 2.35. The molecular weight excluding hydrogens is 190 g/mol. The molecule has 3 atom stereocenters. The van der Waals surface area contributed by atoms with Crippen LogP contribution < -0.4 is 5.32 Å². The summed E-state index contributed by atoms with van der Waals surface area (Å²) in [6.07, 6.45) is 5.29. The van der Waals surface area contributed by atoms with Gasteiger partial charge in [0.15, 0.2) is 0 Å². The van der Waals surface area contributed by atoms with E-state index < -0.39 is 0 Å². The smallest absolute Gasteiger partial charge is 0.322 e. The number of esters is 1. The monoisotopic (exact) mass is 213 g/mol. The SMILES string of the molecule is COC(=O)[C@H](C)NCC1CCCC(C)C1. The summed E-state index contributed by atoms with van der Waals surface area (Å²) in [4.78, 5) is 11.2. The first-order valence-corrected chi connectivity index (χ1v) is 5.94. The lowest BCUT2D eigenvalue weighted by Crippen LogP contribution is -2.38. The molecule has 0 aromatic heterocycles. The first-order chi connectivity index (χ1) is 7.13. The molecule has 3 heteroatoms. The van der Waals surface area contributed by atoms with Crippen molar-refractivity contribution in [1.29, 1.82) is 0 Å². The zero-order valence-electron chi connectivity index (χ0n) is 10.1. The van der Waals surface area contributed by atoms with Crippen molar-refractivity contribution in [3.63, 3.8) is 0 Å². The van der Waals surface area contributed by atoms with Crippen molar-refractivity contribution in [3.8, 4) is 0 Å². The lowest BCUT2D eigenvalue weighted by molar-refractivity contribution is -0.142. The van der Waals surface area contributed by atoms with Gasteiger partial charge in [-0.1, -0.05) is 19.8 Å². The second kappa shape index (κ2) is 6.11. The molecule has 1 aliphatic rings. The van der Waals surface area contributed by atoms with Crippen LogP contribution in [0.4, 0.5) is 0 Å². The minimum atomic E-state index is -0.174. The van der Waals surface area contributed by atoms with E-state index in [1.54, 1.807) is 0 Å². The summed E-state index contributed by atoms with van der Waals surface area (Å²) in [6.45, 7) is 5.12. The third kappa shape index (κ3) is 4.20. The lowest BCUT2D eigenvalue weighted by Gasteiger charge is -2.27. The van der Waals surface area contributed by atoms with Gasteiger partial charge in [0.1, 0.15) is 6.04 Å². The molecule has 1 saturated carbocycles. The van der Waals surface area contributed by atoms with Crippen molar-refractivity contribution < 1.29 is 9.53 Å². The largest absolute Gasteiger partial charge is 0.468 e. The minimum Gasteiger partial charge on any atom is -0.468 e. The van der Waals surface area contributed by atoms with E-state index in [0.717, 1.165) is 18.4 Å². The predicted octanol–water partition coefficient (Wildman–Crippen LogP) is 1.96. The van der Waals surface area contributed by atoms with Gasteiger partial charge in [0.05, 0.1) is 7.11 Å². The van der Waals surface area contributed by atoms with Crippen LogP contribution in [0.15, 0.2) is 0 Å². The number of nitrogens with one attached hydrogen (secondary N) is 1. The number of hydrogen-bond donors (Lipinski definition) is 1. The summed E-state index contributed by atoms with van der Waals surface area (Å²) in [5.74, 6) is 1.42. The Kier molecular flexibility index (Phi) is 5.09. The number of rotatable bonds is 4. The minimum absolute atomic E-state index is 0.168. The highest BCUT2D eigenvalue weighted by Crippen LogP contribution is 2.27. The molecular formula is C12H23NO2. The Bertz CT molecular complexity index is 206. The third-order valence-corrected chi connectivity index (χ3v) is 3.31. The lowest BCUT2D eigenvalue weighted by atomic mass is 9.82. The Hall–Kier alpha value is -0.570. The Labute approximate surface area is 92.6 Å². The van der Waals surface area contributed by atoms with Crippen molar-refractivity contribution in [3.05, 3.63) is 0 Å². The molecule has 1 aliphatic carbocycles. The van der Waals surface area contributed by atoms with Gasteiger partial charge in [-0.05, 0) is 38.1 Å². The van der Waals surface area contributed by atoms with Gasteiger partial charge in [-0.25, -0.2) is 0 Å². The van der Waals surface area contributed by atoms with Gasteiger partial charge in [0, 0.05) is 0 Å². The van der Waals surface area contributed by atoms with Crippen LogP contribution in [0.5, 0.6) is 0 Å². The van der Waals surface area contributed by atoms with Crippen molar-refractivity contribution in [2.75, 3.05) is 13.7 Å². The molecule has 3 nitrogen and oxygen atoms in total. The average Bonchev–Trinajstić information content (AvgIpc) is 2.25. The molecule has 1 rings (SSSR count). The molecule has 1 fully saturated rings. The number of carbonyl (C=O) groups excluding carboxylic acids is 1.